The molecule has 4 aliphatic rings. The molecule has 242 valence electrons. The lowest BCUT2D eigenvalue weighted by Crippen LogP contribution is -2.53. The van der Waals surface area contributed by atoms with Gasteiger partial charge in [0.2, 0.25) is 5.91 Å². The zero-order valence-electron chi connectivity index (χ0n) is 26.6. The third kappa shape index (κ3) is 6.40. The number of piperazine rings is 1. The Bertz CT molecular complexity index is 1550. The molecule has 3 aliphatic heterocycles. The molecule has 3 N–H and O–H groups in total. The maximum absolute atomic E-state index is 12.4. The van der Waals surface area contributed by atoms with E-state index in [2.05, 4.69) is 48.7 Å². The van der Waals surface area contributed by atoms with Gasteiger partial charge in [0.15, 0.2) is 5.82 Å². The molecule has 2 aromatic carbocycles. The molecule has 11 heteroatoms. The maximum atomic E-state index is 12.4. The minimum absolute atomic E-state index is 0.0553. The minimum atomic E-state index is -0.553. The van der Waals surface area contributed by atoms with Crippen LogP contribution in [0.2, 0.25) is 0 Å². The lowest BCUT2D eigenvalue weighted by molar-refractivity contribution is -0.112. The van der Waals surface area contributed by atoms with E-state index < -0.39 is 5.91 Å². The standard InChI is InChI=1S/C35H44N8O3/c1-24(35(36)44)28-20-29(39-33-22-34(38-23-37-33)43-30(12-19-46-43)25-6-4-3-5-7-25)32(45-2)21-31(28)42-13-10-27(11-14-42)41-17-15-40(16-18-41)26-8-9-26/h3-7,20-23,26-27,30H,1,8-19H2,2H3,(H2,36,44)(H,37,38,39). The van der Waals surface area contributed by atoms with Gasteiger partial charge >= 0.3 is 0 Å². The van der Waals surface area contributed by atoms with Crippen molar-refractivity contribution < 1.29 is 14.4 Å². The number of primary amides is 1. The summed E-state index contributed by atoms with van der Waals surface area (Å²) in [5.41, 5.74) is 9.46. The Morgan fingerprint density at radius 2 is 1.63 bits per heavy atom. The van der Waals surface area contributed by atoms with Gasteiger partial charge in [0.25, 0.3) is 0 Å². The van der Waals surface area contributed by atoms with E-state index in [0.29, 0.717) is 41.3 Å². The van der Waals surface area contributed by atoms with E-state index in [1.165, 1.54) is 37.8 Å². The molecule has 4 fully saturated rings. The number of nitrogens with zero attached hydrogens (tertiary/aromatic N) is 6. The van der Waals surface area contributed by atoms with E-state index in [4.69, 9.17) is 15.3 Å². The number of hydroxylamine groups is 1. The third-order valence-corrected chi connectivity index (χ3v) is 9.90. The quantitative estimate of drug-likeness (QED) is 0.316. The van der Waals surface area contributed by atoms with E-state index >= 15 is 0 Å². The monoisotopic (exact) mass is 624 g/mol. The lowest BCUT2D eigenvalue weighted by Gasteiger charge is -2.43. The molecule has 4 heterocycles. The van der Waals surface area contributed by atoms with Crippen molar-refractivity contribution >= 4 is 34.5 Å². The summed E-state index contributed by atoms with van der Waals surface area (Å²) < 4.78 is 5.87. The largest absolute Gasteiger partial charge is 0.494 e. The second-order valence-electron chi connectivity index (χ2n) is 12.7. The van der Waals surface area contributed by atoms with Crippen molar-refractivity contribution in [3.05, 3.63) is 72.6 Å². The SMILES string of the molecule is C=C(C(N)=O)c1cc(Nc2cc(N3OCCC3c3ccccc3)ncn2)c(OC)cc1N1CCC(N2CCN(C3CC3)CC2)CC1. The number of piperidine rings is 1. The van der Waals surface area contributed by atoms with Crippen LogP contribution in [0.25, 0.3) is 5.57 Å². The van der Waals surface area contributed by atoms with Crippen molar-refractivity contribution in [3.63, 3.8) is 0 Å². The van der Waals surface area contributed by atoms with E-state index in [0.717, 1.165) is 57.2 Å². The van der Waals surface area contributed by atoms with Gasteiger partial charge in [-0.25, -0.2) is 15.0 Å². The Morgan fingerprint density at radius 3 is 2.28 bits per heavy atom. The van der Waals surface area contributed by atoms with E-state index in [1.54, 1.807) is 7.11 Å². The molecule has 1 unspecified atom stereocenters. The first-order valence-corrected chi connectivity index (χ1v) is 16.5. The molecule has 1 aliphatic carbocycles. The topological polar surface area (TPSA) is 112 Å². The van der Waals surface area contributed by atoms with Crippen molar-refractivity contribution in [2.75, 3.05) is 68.3 Å². The van der Waals surface area contributed by atoms with Gasteiger partial charge in [-0.1, -0.05) is 36.9 Å². The Hall–Kier alpha value is -4.19. The number of hydrogen-bond donors (Lipinski definition) is 2. The van der Waals surface area contributed by atoms with Crippen LogP contribution >= 0.6 is 0 Å². The normalized spacial score (nSPS) is 21.4. The summed E-state index contributed by atoms with van der Waals surface area (Å²) in [5.74, 6) is 1.30. The van der Waals surface area contributed by atoms with Gasteiger partial charge in [-0.05, 0) is 37.3 Å². The molecule has 1 aromatic heterocycles. The maximum Gasteiger partial charge on any atom is 0.248 e. The summed E-state index contributed by atoms with van der Waals surface area (Å²) in [4.78, 5) is 35.1. The second-order valence-corrected chi connectivity index (χ2v) is 12.7. The van der Waals surface area contributed by atoms with Crippen molar-refractivity contribution in [1.29, 1.82) is 0 Å². The summed E-state index contributed by atoms with van der Waals surface area (Å²) in [7, 11) is 1.65. The number of nitrogens with one attached hydrogen (secondary N) is 1. The molecule has 0 radical (unpaired) electrons. The Labute approximate surface area is 270 Å². The molecule has 1 amide bonds. The minimum Gasteiger partial charge on any atom is -0.494 e. The summed E-state index contributed by atoms with van der Waals surface area (Å²) in [5, 5.41) is 5.24. The summed E-state index contributed by atoms with van der Waals surface area (Å²) in [6, 6.07) is 17.5. The van der Waals surface area contributed by atoms with Crippen LogP contribution in [0.15, 0.2) is 61.4 Å². The predicted molar refractivity (Wildman–Crippen MR) is 180 cm³/mol. The van der Waals surface area contributed by atoms with Gasteiger partial charge in [-0.3, -0.25) is 19.4 Å². The smallest absolute Gasteiger partial charge is 0.248 e. The Kier molecular flexibility index (Phi) is 8.79. The van der Waals surface area contributed by atoms with Crippen LogP contribution in [0.4, 0.5) is 23.0 Å². The third-order valence-electron chi connectivity index (χ3n) is 9.90. The van der Waals surface area contributed by atoms with Gasteiger partial charge in [-0.2, -0.15) is 0 Å². The number of carbonyl (C=O) groups excluding carboxylic acids is 1. The number of methoxy groups -OCH3 is 1. The van der Waals surface area contributed by atoms with E-state index in [1.807, 2.05) is 41.5 Å². The highest BCUT2D eigenvalue weighted by molar-refractivity contribution is 6.19. The Morgan fingerprint density at radius 1 is 0.935 bits per heavy atom. The fourth-order valence-electron chi connectivity index (χ4n) is 7.20. The molecule has 7 rings (SSSR count). The van der Waals surface area contributed by atoms with Crippen molar-refractivity contribution in [2.45, 2.75) is 50.2 Å². The van der Waals surface area contributed by atoms with Crippen LogP contribution in [0.1, 0.15) is 49.3 Å². The highest BCUT2D eigenvalue weighted by Crippen LogP contribution is 2.40. The number of carbonyl (C=O) groups is 1. The summed E-state index contributed by atoms with van der Waals surface area (Å²) >= 11 is 0. The zero-order valence-corrected chi connectivity index (χ0v) is 26.6. The Balaban J connectivity index is 1.09. The number of amides is 1. The van der Waals surface area contributed by atoms with Gasteiger partial charge in [0, 0.05) is 86.7 Å². The first kappa shape index (κ1) is 30.5. The average molecular weight is 625 g/mol. The van der Waals surface area contributed by atoms with Gasteiger partial charge in [0.05, 0.1) is 25.4 Å². The molecule has 1 saturated carbocycles. The van der Waals surface area contributed by atoms with Crippen molar-refractivity contribution in [2.24, 2.45) is 5.73 Å². The molecule has 11 nitrogen and oxygen atoms in total. The van der Waals surface area contributed by atoms with E-state index in [-0.39, 0.29) is 11.6 Å². The number of ether oxygens (including phenoxy) is 1. The van der Waals surface area contributed by atoms with E-state index in [9.17, 15) is 4.79 Å². The number of benzene rings is 2. The fourth-order valence-corrected chi connectivity index (χ4v) is 7.20. The fraction of sp³-hybridized carbons (Fsp3) is 0.457. The number of aromatic nitrogens is 2. The molecule has 46 heavy (non-hydrogen) atoms. The van der Waals surface area contributed by atoms with Crippen molar-refractivity contribution in [3.8, 4) is 5.75 Å². The highest BCUT2D eigenvalue weighted by Gasteiger charge is 2.34. The molecular weight excluding hydrogens is 580 g/mol. The lowest BCUT2D eigenvalue weighted by atomic mass is 9.97. The number of anilines is 4. The number of nitrogens with two attached hydrogens (primary N) is 1. The van der Waals surface area contributed by atoms with Gasteiger partial charge in [0.1, 0.15) is 17.9 Å². The van der Waals surface area contributed by atoms with Crippen LogP contribution in [0.5, 0.6) is 5.75 Å². The molecular formula is C35H44N8O3. The van der Waals surface area contributed by atoms with Gasteiger partial charge in [-0.15, -0.1) is 0 Å². The number of rotatable bonds is 10. The average Bonchev–Trinajstić information content (AvgIpc) is 3.84. The van der Waals surface area contributed by atoms with Crippen LogP contribution in [0.3, 0.4) is 0 Å². The molecule has 3 saturated heterocycles. The summed E-state index contributed by atoms with van der Waals surface area (Å²) in [6.45, 7) is 11.1. The molecule has 0 spiro atoms. The van der Waals surface area contributed by atoms with Crippen LogP contribution in [-0.4, -0.2) is 90.7 Å². The van der Waals surface area contributed by atoms with Crippen LogP contribution in [-0.2, 0) is 9.63 Å². The highest BCUT2D eigenvalue weighted by atomic mass is 16.7. The van der Waals surface area contributed by atoms with Crippen LogP contribution < -0.4 is 25.8 Å². The van der Waals surface area contributed by atoms with Crippen LogP contribution in [0, 0.1) is 0 Å². The summed E-state index contributed by atoms with van der Waals surface area (Å²) in [6.07, 6.45) is 7.26. The molecule has 1 atom stereocenters. The molecule has 0 bridgehead atoms. The number of hydrogen-bond acceptors (Lipinski definition) is 10. The second kappa shape index (κ2) is 13.3. The zero-order chi connectivity index (χ0) is 31.6. The van der Waals surface area contributed by atoms with Crippen molar-refractivity contribution in [1.82, 2.24) is 19.8 Å². The predicted octanol–water partition coefficient (Wildman–Crippen LogP) is 4.36. The first-order chi connectivity index (χ1) is 22.5. The molecule has 3 aromatic rings. The van der Waals surface area contributed by atoms with Gasteiger partial charge < -0.3 is 20.7 Å². The first-order valence-electron chi connectivity index (χ1n) is 16.5.